The average Bonchev–Trinajstić information content (AvgIpc) is 2.43. The zero-order valence-corrected chi connectivity index (χ0v) is 11.2. The van der Waals surface area contributed by atoms with Crippen LogP contribution in [0.4, 0.5) is 0 Å². The number of phenolic OH excluding ortho intramolecular Hbond substituents is 2. The molecule has 2 rings (SSSR count). The summed E-state index contributed by atoms with van der Waals surface area (Å²) in [7, 11) is 0. The lowest BCUT2D eigenvalue weighted by Crippen LogP contribution is -1.89. The van der Waals surface area contributed by atoms with E-state index in [1.165, 1.54) is 0 Å². The summed E-state index contributed by atoms with van der Waals surface area (Å²) in [4.78, 5) is 0. The molecule has 3 nitrogen and oxygen atoms in total. The van der Waals surface area contributed by atoms with Crippen molar-refractivity contribution in [1.29, 1.82) is 0 Å². The Kier molecular flexibility index (Phi) is 3.95. The summed E-state index contributed by atoms with van der Waals surface area (Å²) in [5.74, 6) is 1.94. The fourth-order valence-electron chi connectivity index (χ4n) is 1.95. The van der Waals surface area contributed by atoms with Crippen LogP contribution in [0.5, 0.6) is 23.0 Å². The molecule has 0 aliphatic rings. The van der Waals surface area contributed by atoms with Crippen molar-refractivity contribution in [3.05, 3.63) is 47.5 Å². The number of phenols is 2. The Balaban J connectivity index is 2.25. The molecular formula is C16H18O3. The zero-order chi connectivity index (χ0) is 13.8. The fraction of sp³-hybridized carbons (Fsp3) is 0.250. The number of ether oxygens (including phenoxy) is 1. The number of benzene rings is 2. The van der Waals surface area contributed by atoms with Gasteiger partial charge in [-0.2, -0.15) is 0 Å². The van der Waals surface area contributed by atoms with E-state index in [4.69, 9.17) is 4.74 Å². The minimum absolute atomic E-state index is 0.287. The summed E-state index contributed by atoms with van der Waals surface area (Å²) in [5.41, 5.74) is 1.71. The Bertz CT molecular complexity index is 525. The molecule has 3 heteroatoms. The topological polar surface area (TPSA) is 49.7 Å². The molecule has 0 heterocycles. The van der Waals surface area contributed by atoms with Crippen molar-refractivity contribution in [2.75, 3.05) is 0 Å². The first-order valence-electron chi connectivity index (χ1n) is 6.45. The first-order chi connectivity index (χ1) is 9.13. The molecule has 0 saturated carbocycles. The first kappa shape index (κ1) is 13.3. The van der Waals surface area contributed by atoms with Crippen LogP contribution in [-0.2, 0) is 12.8 Å². The second-order valence-corrected chi connectivity index (χ2v) is 4.39. The molecule has 0 saturated heterocycles. The van der Waals surface area contributed by atoms with Gasteiger partial charge in [0.2, 0.25) is 0 Å². The van der Waals surface area contributed by atoms with Crippen LogP contribution in [0.3, 0.4) is 0 Å². The Morgan fingerprint density at radius 3 is 1.58 bits per heavy atom. The lowest BCUT2D eigenvalue weighted by Gasteiger charge is -2.10. The summed E-state index contributed by atoms with van der Waals surface area (Å²) in [6.45, 7) is 3.96. The average molecular weight is 258 g/mol. The van der Waals surface area contributed by atoms with Crippen molar-refractivity contribution in [2.24, 2.45) is 0 Å². The molecule has 0 spiro atoms. The highest BCUT2D eigenvalue weighted by Crippen LogP contribution is 2.30. The fourth-order valence-corrected chi connectivity index (χ4v) is 1.95. The molecule has 0 aliphatic carbocycles. The molecule has 0 atom stereocenters. The zero-order valence-electron chi connectivity index (χ0n) is 11.2. The van der Waals surface area contributed by atoms with E-state index in [-0.39, 0.29) is 11.5 Å². The first-order valence-corrected chi connectivity index (χ1v) is 6.45. The highest BCUT2D eigenvalue weighted by molar-refractivity contribution is 5.44. The molecule has 0 bridgehead atoms. The normalized spacial score (nSPS) is 10.4. The second kappa shape index (κ2) is 5.65. The summed E-state index contributed by atoms with van der Waals surface area (Å²) >= 11 is 0. The number of hydrogen-bond acceptors (Lipinski definition) is 3. The standard InChI is InChI=1S/C16H18O3/c1-3-11-9-13(5-7-15(11)17)19-14-6-8-16(18)12(4-2)10-14/h5-10,17-18H,3-4H2,1-2H3. The molecular weight excluding hydrogens is 240 g/mol. The van der Waals surface area contributed by atoms with Crippen molar-refractivity contribution in [1.82, 2.24) is 0 Å². The van der Waals surface area contributed by atoms with Crippen LogP contribution in [0.25, 0.3) is 0 Å². The van der Waals surface area contributed by atoms with Crippen LogP contribution < -0.4 is 4.74 Å². The van der Waals surface area contributed by atoms with Crippen molar-refractivity contribution in [2.45, 2.75) is 26.7 Å². The summed E-state index contributed by atoms with van der Waals surface area (Å²) < 4.78 is 5.75. The van der Waals surface area contributed by atoms with Crippen molar-refractivity contribution in [3.63, 3.8) is 0 Å². The quantitative estimate of drug-likeness (QED) is 0.871. The van der Waals surface area contributed by atoms with E-state index < -0.39 is 0 Å². The van der Waals surface area contributed by atoms with E-state index in [1.807, 2.05) is 26.0 Å². The minimum atomic E-state index is 0.287. The van der Waals surface area contributed by atoms with E-state index in [9.17, 15) is 10.2 Å². The van der Waals surface area contributed by atoms with Crippen molar-refractivity contribution < 1.29 is 14.9 Å². The maximum Gasteiger partial charge on any atom is 0.127 e. The molecule has 2 N–H and O–H groups in total. The Morgan fingerprint density at radius 1 is 0.789 bits per heavy atom. The molecule has 0 unspecified atom stereocenters. The Morgan fingerprint density at radius 2 is 1.21 bits per heavy atom. The van der Waals surface area contributed by atoms with Gasteiger partial charge < -0.3 is 14.9 Å². The van der Waals surface area contributed by atoms with Gasteiger partial charge in [0.15, 0.2) is 0 Å². The largest absolute Gasteiger partial charge is 0.508 e. The predicted octanol–water partition coefficient (Wildman–Crippen LogP) is 4.01. The molecule has 2 aromatic carbocycles. The molecule has 0 fully saturated rings. The van der Waals surface area contributed by atoms with Gasteiger partial charge in [0, 0.05) is 0 Å². The molecule has 2 aromatic rings. The van der Waals surface area contributed by atoms with Crippen LogP contribution in [0, 0.1) is 0 Å². The summed E-state index contributed by atoms with van der Waals surface area (Å²) in [6, 6.07) is 10.4. The lowest BCUT2D eigenvalue weighted by atomic mass is 10.1. The molecule has 0 amide bonds. The minimum Gasteiger partial charge on any atom is -0.508 e. The maximum absolute atomic E-state index is 9.63. The highest BCUT2D eigenvalue weighted by Gasteiger charge is 2.05. The van der Waals surface area contributed by atoms with Gasteiger partial charge in [0.25, 0.3) is 0 Å². The van der Waals surface area contributed by atoms with Crippen LogP contribution in [0.15, 0.2) is 36.4 Å². The number of hydrogen-bond donors (Lipinski definition) is 2. The molecule has 0 aliphatic heterocycles. The molecule has 19 heavy (non-hydrogen) atoms. The van der Waals surface area contributed by atoms with Gasteiger partial charge in [-0.3, -0.25) is 0 Å². The van der Waals surface area contributed by atoms with Gasteiger partial charge in [-0.15, -0.1) is 0 Å². The van der Waals surface area contributed by atoms with Crippen molar-refractivity contribution >= 4 is 0 Å². The lowest BCUT2D eigenvalue weighted by molar-refractivity contribution is 0.452. The summed E-state index contributed by atoms with van der Waals surface area (Å²) in [5, 5.41) is 19.3. The Labute approximate surface area is 113 Å². The third-order valence-electron chi connectivity index (χ3n) is 3.10. The van der Waals surface area contributed by atoms with Crippen LogP contribution in [0.1, 0.15) is 25.0 Å². The van der Waals surface area contributed by atoms with Crippen LogP contribution in [-0.4, -0.2) is 10.2 Å². The smallest absolute Gasteiger partial charge is 0.127 e. The number of aryl methyl sites for hydroxylation is 2. The van der Waals surface area contributed by atoms with Crippen molar-refractivity contribution in [3.8, 4) is 23.0 Å². The molecule has 0 aromatic heterocycles. The van der Waals surface area contributed by atoms with E-state index in [0.29, 0.717) is 11.5 Å². The van der Waals surface area contributed by atoms with Gasteiger partial charge >= 0.3 is 0 Å². The predicted molar refractivity (Wildman–Crippen MR) is 75.0 cm³/mol. The third kappa shape index (κ3) is 2.99. The monoisotopic (exact) mass is 258 g/mol. The molecule has 0 radical (unpaired) electrons. The van der Waals surface area contributed by atoms with Gasteiger partial charge in [0.05, 0.1) is 0 Å². The van der Waals surface area contributed by atoms with Crippen LogP contribution >= 0.6 is 0 Å². The number of aromatic hydroxyl groups is 2. The van der Waals surface area contributed by atoms with E-state index >= 15 is 0 Å². The second-order valence-electron chi connectivity index (χ2n) is 4.39. The van der Waals surface area contributed by atoms with E-state index in [2.05, 4.69) is 0 Å². The third-order valence-corrected chi connectivity index (χ3v) is 3.10. The van der Waals surface area contributed by atoms with E-state index in [0.717, 1.165) is 24.0 Å². The maximum atomic E-state index is 9.63. The van der Waals surface area contributed by atoms with Gasteiger partial charge in [-0.25, -0.2) is 0 Å². The SMILES string of the molecule is CCc1cc(Oc2ccc(O)c(CC)c2)ccc1O. The number of rotatable bonds is 4. The van der Waals surface area contributed by atoms with Gasteiger partial charge in [-0.05, 0) is 60.4 Å². The van der Waals surface area contributed by atoms with Crippen LogP contribution in [0.2, 0.25) is 0 Å². The Hall–Kier alpha value is -2.16. The van der Waals surface area contributed by atoms with Gasteiger partial charge in [0.1, 0.15) is 23.0 Å². The van der Waals surface area contributed by atoms with Gasteiger partial charge in [-0.1, -0.05) is 13.8 Å². The van der Waals surface area contributed by atoms with E-state index in [1.54, 1.807) is 24.3 Å². The summed E-state index contributed by atoms with van der Waals surface area (Å²) in [6.07, 6.45) is 1.50. The highest BCUT2D eigenvalue weighted by atomic mass is 16.5. The molecule has 100 valence electrons.